The SMILES string of the molecule is CCN(CC)c1ccc2cc(C3=CC4c5cc(-c6cc7ccc8ccccc8c7oc6=O)ccc5N(c5ccccc5)C4C=C3)c(=O)oc2c1. The second-order valence-corrected chi connectivity index (χ2v) is 13.0. The Morgan fingerprint density at radius 2 is 1.44 bits per heavy atom. The summed E-state index contributed by atoms with van der Waals surface area (Å²) >= 11 is 0. The number of anilines is 3. The van der Waals surface area contributed by atoms with Crippen LogP contribution in [0.4, 0.5) is 17.1 Å². The van der Waals surface area contributed by atoms with Crippen LogP contribution in [0.3, 0.4) is 0 Å². The summed E-state index contributed by atoms with van der Waals surface area (Å²) in [7, 11) is 0. The summed E-state index contributed by atoms with van der Waals surface area (Å²) in [5, 5.41) is 3.69. The summed E-state index contributed by atoms with van der Waals surface area (Å²) in [4.78, 5) is 31.7. The number of nitrogens with zero attached hydrogens (tertiary/aromatic N) is 2. The molecule has 2 unspecified atom stereocenters. The van der Waals surface area contributed by atoms with Crippen LogP contribution in [0.15, 0.2) is 152 Å². The zero-order chi connectivity index (χ0) is 33.9. The second-order valence-electron chi connectivity index (χ2n) is 13.0. The molecular formula is C44H34N2O4. The molecule has 2 atom stereocenters. The van der Waals surface area contributed by atoms with Gasteiger partial charge in [-0.25, -0.2) is 9.59 Å². The molecule has 6 heteroatoms. The molecule has 1 aliphatic carbocycles. The van der Waals surface area contributed by atoms with Crippen molar-refractivity contribution in [1.29, 1.82) is 0 Å². The van der Waals surface area contributed by atoms with Crippen molar-refractivity contribution in [3.8, 4) is 11.1 Å². The molecule has 0 bridgehead atoms. The lowest BCUT2D eigenvalue weighted by molar-refractivity contribution is 0.558. The largest absolute Gasteiger partial charge is 0.422 e. The minimum atomic E-state index is -0.374. The first kappa shape index (κ1) is 30.0. The van der Waals surface area contributed by atoms with Crippen LogP contribution in [-0.2, 0) is 0 Å². The van der Waals surface area contributed by atoms with Crippen molar-refractivity contribution >= 4 is 55.3 Å². The monoisotopic (exact) mass is 654 g/mol. The molecule has 0 radical (unpaired) electrons. The average molecular weight is 655 g/mol. The molecule has 7 aromatic rings. The van der Waals surface area contributed by atoms with Gasteiger partial charge in [0.15, 0.2) is 0 Å². The van der Waals surface area contributed by atoms with Crippen molar-refractivity contribution in [3.05, 3.63) is 165 Å². The lowest BCUT2D eigenvalue weighted by atomic mass is 9.85. The van der Waals surface area contributed by atoms with E-state index in [9.17, 15) is 9.59 Å². The Morgan fingerprint density at radius 3 is 2.28 bits per heavy atom. The highest BCUT2D eigenvalue weighted by Gasteiger charge is 2.39. The van der Waals surface area contributed by atoms with Gasteiger partial charge in [0.2, 0.25) is 0 Å². The Bertz CT molecular complexity index is 2650. The Kier molecular flexibility index (Phi) is 7.06. The number of hydrogen-bond acceptors (Lipinski definition) is 6. The molecule has 0 amide bonds. The summed E-state index contributed by atoms with van der Waals surface area (Å²) < 4.78 is 11.9. The van der Waals surface area contributed by atoms with Gasteiger partial charge in [-0.15, -0.1) is 0 Å². The predicted molar refractivity (Wildman–Crippen MR) is 204 cm³/mol. The maximum atomic E-state index is 13.6. The van der Waals surface area contributed by atoms with Crippen LogP contribution in [0.2, 0.25) is 0 Å². The molecule has 0 fully saturated rings. The van der Waals surface area contributed by atoms with E-state index in [1.807, 2.05) is 84.9 Å². The van der Waals surface area contributed by atoms with E-state index in [1.54, 1.807) is 0 Å². The van der Waals surface area contributed by atoms with E-state index in [4.69, 9.17) is 8.83 Å². The third kappa shape index (κ3) is 4.78. The van der Waals surface area contributed by atoms with Crippen molar-refractivity contribution in [2.75, 3.05) is 22.9 Å². The molecule has 0 saturated heterocycles. The summed E-state index contributed by atoms with van der Waals surface area (Å²) in [6, 6.07) is 38.4. The normalized spacial score (nSPS) is 16.5. The third-order valence-corrected chi connectivity index (χ3v) is 10.3. The highest BCUT2D eigenvalue weighted by molar-refractivity contribution is 6.04. The molecular weight excluding hydrogens is 620 g/mol. The van der Waals surface area contributed by atoms with Gasteiger partial charge in [0.25, 0.3) is 0 Å². The minimum absolute atomic E-state index is 0.0186. The third-order valence-electron chi connectivity index (χ3n) is 10.3. The number of para-hydroxylation sites is 1. The van der Waals surface area contributed by atoms with Gasteiger partial charge in [-0.05, 0) is 84.5 Å². The number of benzene rings is 5. The smallest absolute Gasteiger partial charge is 0.344 e. The fraction of sp³-hybridized carbons (Fsp3) is 0.136. The predicted octanol–water partition coefficient (Wildman–Crippen LogP) is 9.82. The molecule has 244 valence electrons. The molecule has 0 spiro atoms. The van der Waals surface area contributed by atoms with Crippen molar-refractivity contribution in [1.82, 2.24) is 0 Å². The van der Waals surface area contributed by atoms with Crippen molar-refractivity contribution < 1.29 is 8.83 Å². The van der Waals surface area contributed by atoms with Crippen LogP contribution >= 0.6 is 0 Å². The van der Waals surface area contributed by atoms with E-state index < -0.39 is 0 Å². The van der Waals surface area contributed by atoms with Gasteiger partial charge in [-0.3, -0.25) is 0 Å². The average Bonchev–Trinajstić information content (AvgIpc) is 3.48. The fourth-order valence-corrected chi connectivity index (χ4v) is 7.78. The van der Waals surface area contributed by atoms with Gasteiger partial charge in [0.1, 0.15) is 11.2 Å². The molecule has 1 aliphatic heterocycles. The topological polar surface area (TPSA) is 66.9 Å². The van der Waals surface area contributed by atoms with Crippen LogP contribution in [-0.4, -0.2) is 19.1 Å². The van der Waals surface area contributed by atoms with Crippen LogP contribution < -0.4 is 21.1 Å². The van der Waals surface area contributed by atoms with Crippen LogP contribution in [0.1, 0.15) is 30.9 Å². The van der Waals surface area contributed by atoms with Gasteiger partial charge < -0.3 is 18.6 Å². The lowest BCUT2D eigenvalue weighted by Crippen LogP contribution is -2.29. The fourth-order valence-electron chi connectivity index (χ4n) is 7.78. The first-order chi connectivity index (χ1) is 24.5. The van der Waals surface area contributed by atoms with E-state index in [1.165, 1.54) is 0 Å². The standard InChI is InChI=1S/C44H34N2O4/c1-3-45(4-2)33-19-16-30-24-35(43(47)49-41(30)26-33)28-17-20-39-37(22-28)38-23-29(18-21-40(38)46(39)32-11-6-5-7-12-32)36-25-31-15-14-27-10-8-9-13-34(27)42(31)50-44(36)48/h5-26,37,39H,3-4H2,1-2H3. The highest BCUT2D eigenvalue weighted by atomic mass is 16.4. The molecule has 2 aliphatic rings. The second kappa shape index (κ2) is 11.8. The molecule has 0 saturated carbocycles. The number of allylic oxidation sites excluding steroid dienone is 2. The van der Waals surface area contributed by atoms with Gasteiger partial charge >= 0.3 is 11.3 Å². The molecule has 6 nitrogen and oxygen atoms in total. The summed E-state index contributed by atoms with van der Waals surface area (Å²) in [5.41, 5.74) is 7.32. The minimum Gasteiger partial charge on any atom is -0.422 e. The van der Waals surface area contributed by atoms with Crippen LogP contribution in [0, 0.1) is 0 Å². The van der Waals surface area contributed by atoms with E-state index >= 15 is 0 Å². The summed E-state index contributed by atoms with van der Waals surface area (Å²) in [6.07, 6.45) is 6.39. The molecule has 0 N–H and O–H groups in total. The first-order valence-electron chi connectivity index (χ1n) is 17.2. The Hall–Kier alpha value is -6.14. The Morgan fingerprint density at radius 1 is 0.700 bits per heavy atom. The maximum Gasteiger partial charge on any atom is 0.344 e. The zero-order valence-corrected chi connectivity index (χ0v) is 27.8. The molecule has 5 aromatic carbocycles. The maximum absolute atomic E-state index is 13.6. The number of fused-ring (bicyclic) bond motifs is 7. The van der Waals surface area contributed by atoms with Gasteiger partial charge in [0.05, 0.1) is 17.2 Å². The Labute approximate surface area is 288 Å². The van der Waals surface area contributed by atoms with Gasteiger partial charge in [-0.1, -0.05) is 78.9 Å². The Balaban J connectivity index is 1.16. The van der Waals surface area contributed by atoms with Crippen LogP contribution in [0.25, 0.3) is 49.4 Å². The number of rotatable bonds is 6. The van der Waals surface area contributed by atoms with E-state index in [0.29, 0.717) is 22.3 Å². The number of hydrogen-bond donors (Lipinski definition) is 0. The van der Waals surface area contributed by atoms with Crippen molar-refractivity contribution in [2.45, 2.75) is 25.8 Å². The molecule has 2 aromatic heterocycles. The van der Waals surface area contributed by atoms with Gasteiger partial charge in [-0.2, -0.15) is 0 Å². The summed E-state index contributed by atoms with van der Waals surface area (Å²) in [5.74, 6) is -0.0817. The van der Waals surface area contributed by atoms with Crippen LogP contribution in [0.5, 0.6) is 0 Å². The molecule has 50 heavy (non-hydrogen) atoms. The van der Waals surface area contributed by atoms with Crippen molar-refractivity contribution in [2.24, 2.45) is 0 Å². The summed E-state index contributed by atoms with van der Waals surface area (Å²) in [6.45, 7) is 5.97. The van der Waals surface area contributed by atoms with E-state index in [-0.39, 0.29) is 23.2 Å². The van der Waals surface area contributed by atoms with E-state index in [0.717, 1.165) is 68.4 Å². The van der Waals surface area contributed by atoms with E-state index in [2.05, 4.69) is 72.2 Å². The molecule has 3 heterocycles. The zero-order valence-electron chi connectivity index (χ0n) is 27.8. The van der Waals surface area contributed by atoms with Gasteiger partial charge in [0, 0.05) is 58.3 Å². The first-order valence-corrected chi connectivity index (χ1v) is 17.2. The lowest BCUT2D eigenvalue weighted by Gasteiger charge is -2.29. The quantitative estimate of drug-likeness (QED) is 0.131. The molecule has 9 rings (SSSR count). The highest BCUT2D eigenvalue weighted by Crippen LogP contribution is 2.50. The van der Waals surface area contributed by atoms with Crippen molar-refractivity contribution in [3.63, 3.8) is 0 Å².